The first-order valence-corrected chi connectivity index (χ1v) is 3.94. The molecule has 0 aliphatic heterocycles. The van der Waals surface area contributed by atoms with Crippen molar-refractivity contribution in [2.45, 2.75) is 6.10 Å². The fourth-order valence-electron chi connectivity index (χ4n) is 0.976. The monoisotopic (exact) mass is 194 g/mol. The van der Waals surface area contributed by atoms with E-state index in [4.69, 9.17) is 5.73 Å². The van der Waals surface area contributed by atoms with Crippen molar-refractivity contribution in [3.8, 4) is 0 Å². The summed E-state index contributed by atoms with van der Waals surface area (Å²) in [7, 11) is 0. The van der Waals surface area contributed by atoms with E-state index in [1.807, 2.05) is 0 Å². The SMILES string of the molecule is NC(=O)NC(=O)[C@H](O)c1ccccc1. The molecule has 0 radical (unpaired) electrons. The van der Waals surface area contributed by atoms with Gasteiger partial charge in [0.05, 0.1) is 0 Å². The normalized spacial score (nSPS) is 11.8. The summed E-state index contributed by atoms with van der Waals surface area (Å²) >= 11 is 0. The maximum Gasteiger partial charge on any atom is 0.318 e. The Morgan fingerprint density at radius 2 is 1.86 bits per heavy atom. The van der Waals surface area contributed by atoms with Crippen molar-refractivity contribution in [1.29, 1.82) is 0 Å². The Labute approximate surface area is 80.5 Å². The number of hydrogen-bond acceptors (Lipinski definition) is 3. The quantitative estimate of drug-likeness (QED) is 0.614. The summed E-state index contributed by atoms with van der Waals surface area (Å²) in [5.41, 5.74) is 5.14. The lowest BCUT2D eigenvalue weighted by molar-refractivity contribution is -0.128. The highest BCUT2D eigenvalue weighted by Gasteiger charge is 2.17. The predicted octanol–water partition coefficient (Wildman–Crippen LogP) is -0.0851. The van der Waals surface area contributed by atoms with Gasteiger partial charge in [-0.15, -0.1) is 0 Å². The van der Waals surface area contributed by atoms with Crippen LogP contribution in [0.25, 0.3) is 0 Å². The average molecular weight is 194 g/mol. The lowest BCUT2D eigenvalue weighted by Crippen LogP contribution is -2.38. The number of aliphatic hydroxyl groups excluding tert-OH is 1. The third kappa shape index (κ3) is 2.56. The van der Waals surface area contributed by atoms with Crippen LogP contribution >= 0.6 is 0 Å². The molecule has 0 unspecified atom stereocenters. The molecule has 0 aromatic heterocycles. The molecule has 5 heteroatoms. The van der Waals surface area contributed by atoms with Gasteiger partial charge in [-0.2, -0.15) is 0 Å². The van der Waals surface area contributed by atoms with Crippen molar-refractivity contribution in [1.82, 2.24) is 5.32 Å². The Hall–Kier alpha value is -1.88. The molecule has 1 aromatic rings. The fraction of sp³-hybridized carbons (Fsp3) is 0.111. The van der Waals surface area contributed by atoms with Gasteiger partial charge in [-0.3, -0.25) is 10.1 Å². The summed E-state index contributed by atoms with van der Waals surface area (Å²) < 4.78 is 0. The standard InChI is InChI=1S/C9H10N2O3/c10-9(14)11-8(13)7(12)6-4-2-1-3-5-6/h1-5,7,12H,(H3,10,11,13,14)/t7-/m1/s1. The van der Waals surface area contributed by atoms with Gasteiger partial charge < -0.3 is 10.8 Å². The van der Waals surface area contributed by atoms with E-state index in [1.54, 1.807) is 35.6 Å². The zero-order valence-corrected chi connectivity index (χ0v) is 7.31. The van der Waals surface area contributed by atoms with E-state index in [0.29, 0.717) is 5.56 Å². The molecule has 0 heterocycles. The number of rotatable bonds is 2. The second-order valence-electron chi connectivity index (χ2n) is 2.67. The predicted molar refractivity (Wildman–Crippen MR) is 49.1 cm³/mol. The van der Waals surface area contributed by atoms with Crippen LogP contribution < -0.4 is 11.1 Å². The number of carbonyl (C=O) groups is 2. The van der Waals surface area contributed by atoms with Gasteiger partial charge in [0.15, 0.2) is 6.10 Å². The van der Waals surface area contributed by atoms with Crippen molar-refractivity contribution in [3.05, 3.63) is 35.9 Å². The van der Waals surface area contributed by atoms with Crippen LogP contribution in [0.2, 0.25) is 0 Å². The molecule has 74 valence electrons. The number of nitrogens with two attached hydrogens (primary N) is 1. The Morgan fingerprint density at radius 3 is 2.36 bits per heavy atom. The van der Waals surface area contributed by atoms with Crippen LogP contribution in [0, 0.1) is 0 Å². The molecule has 0 saturated carbocycles. The van der Waals surface area contributed by atoms with Gasteiger partial charge in [0.1, 0.15) is 0 Å². The Balaban J connectivity index is 2.71. The van der Waals surface area contributed by atoms with E-state index in [1.165, 1.54) is 0 Å². The average Bonchev–Trinajstić information content (AvgIpc) is 2.17. The van der Waals surface area contributed by atoms with Gasteiger partial charge in [0, 0.05) is 0 Å². The third-order valence-corrected chi connectivity index (χ3v) is 1.61. The first-order valence-electron chi connectivity index (χ1n) is 3.94. The number of aliphatic hydroxyl groups is 1. The largest absolute Gasteiger partial charge is 0.378 e. The first-order chi connectivity index (χ1) is 6.61. The molecule has 0 fully saturated rings. The van der Waals surface area contributed by atoms with Gasteiger partial charge in [-0.25, -0.2) is 4.79 Å². The molecule has 0 saturated heterocycles. The van der Waals surface area contributed by atoms with E-state index in [-0.39, 0.29) is 0 Å². The summed E-state index contributed by atoms with van der Waals surface area (Å²) in [6.07, 6.45) is -1.37. The number of urea groups is 1. The lowest BCUT2D eigenvalue weighted by atomic mass is 10.1. The third-order valence-electron chi connectivity index (χ3n) is 1.61. The summed E-state index contributed by atoms with van der Waals surface area (Å²) in [4.78, 5) is 21.4. The Morgan fingerprint density at radius 1 is 1.29 bits per heavy atom. The van der Waals surface area contributed by atoms with Crippen LogP contribution in [-0.4, -0.2) is 17.0 Å². The van der Waals surface area contributed by atoms with E-state index >= 15 is 0 Å². The van der Waals surface area contributed by atoms with Crippen molar-refractivity contribution < 1.29 is 14.7 Å². The smallest absolute Gasteiger partial charge is 0.318 e. The fourth-order valence-corrected chi connectivity index (χ4v) is 0.976. The first kappa shape index (κ1) is 10.2. The molecule has 1 rings (SSSR count). The molecular formula is C9H10N2O3. The molecular weight excluding hydrogens is 184 g/mol. The molecule has 5 nitrogen and oxygen atoms in total. The van der Waals surface area contributed by atoms with Gasteiger partial charge in [0.25, 0.3) is 5.91 Å². The van der Waals surface area contributed by atoms with E-state index in [9.17, 15) is 14.7 Å². The summed E-state index contributed by atoms with van der Waals surface area (Å²) in [6.45, 7) is 0. The molecule has 0 aliphatic rings. The minimum Gasteiger partial charge on any atom is -0.378 e. The highest BCUT2D eigenvalue weighted by Crippen LogP contribution is 2.11. The van der Waals surface area contributed by atoms with E-state index < -0.39 is 18.0 Å². The summed E-state index contributed by atoms with van der Waals surface area (Å²) in [5, 5.41) is 11.2. The highest BCUT2D eigenvalue weighted by atomic mass is 16.3. The van der Waals surface area contributed by atoms with Gasteiger partial charge in [-0.1, -0.05) is 30.3 Å². The number of benzene rings is 1. The number of carbonyl (C=O) groups excluding carboxylic acids is 2. The molecule has 1 aromatic carbocycles. The number of nitrogens with one attached hydrogen (secondary N) is 1. The maximum atomic E-state index is 11.1. The van der Waals surface area contributed by atoms with Crippen LogP contribution in [0.5, 0.6) is 0 Å². The van der Waals surface area contributed by atoms with Crippen LogP contribution in [0.3, 0.4) is 0 Å². The zero-order chi connectivity index (χ0) is 10.6. The van der Waals surface area contributed by atoms with Gasteiger partial charge in [-0.05, 0) is 5.56 Å². The maximum absolute atomic E-state index is 11.1. The lowest BCUT2D eigenvalue weighted by Gasteiger charge is -2.08. The van der Waals surface area contributed by atoms with Crippen LogP contribution in [0.15, 0.2) is 30.3 Å². The number of amides is 3. The van der Waals surface area contributed by atoms with Crippen LogP contribution in [0.4, 0.5) is 4.79 Å². The molecule has 14 heavy (non-hydrogen) atoms. The molecule has 0 aliphatic carbocycles. The summed E-state index contributed by atoms with van der Waals surface area (Å²) in [6, 6.07) is 7.27. The number of hydrogen-bond donors (Lipinski definition) is 3. The van der Waals surface area contributed by atoms with Crippen LogP contribution in [-0.2, 0) is 4.79 Å². The van der Waals surface area contributed by atoms with Gasteiger partial charge in [0.2, 0.25) is 0 Å². The van der Waals surface area contributed by atoms with Crippen molar-refractivity contribution in [2.24, 2.45) is 5.73 Å². The van der Waals surface area contributed by atoms with Crippen molar-refractivity contribution >= 4 is 11.9 Å². The van der Waals surface area contributed by atoms with Crippen molar-refractivity contribution in [2.75, 3.05) is 0 Å². The number of primary amides is 1. The Kier molecular flexibility index (Phi) is 3.19. The molecule has 0 spiro atoms. The molecule has 0 bridgehead atoms. The van der Waals surface area contributed by atoms with Crippen molar-refractivity contribution in [3.63, 3.8) is 0 Å². The molecule has 4 N–H and O–H groups in total. The zero-order valence-electron chi connectivity index (χ0n) is 7.31. The molecule has 1 atom stereocenters. The summed E-state index contributed by atoms with van der Waals surface area (Å²) in [5.74, 6) is -0.830. The van der Waals surface area contributed by atoms with Gasteiger partial charge >= 0.3 is 6.03 Å². The topological polar surface area (TPSA) is 92.4 Å². The van der Waals surface area contributed by atoms with Crippen LogP contribution in [0.1, 0.15) is 11.7 Å². The number of imide groups is 1. The highest BCUT2D eigenvalue weighted by molar-refractivity contribution is 5.96. The Bertz CT molecular complexity index is 337. The molecule has 3 amide bonds. The van der Waals surface area contributed by atoms with E-state index in [0.717, 1.165) is 0 Å². The van der Waals surface area contributed by atoms with E-state index in [2.05, 4.69) is 0 Å². The second kappa shape index (κ2) is 4.38. The minimum atomic E-state index is -1.37. The second-order valence-corrected chi connectivity index (χ2v) is 2.67. The minimum absolute atomic E-state index is 0.409.